The van der Waals surface area contributed by atoms with Gasteiger partial charge in [-0.1, -0.05) is 36.4 Å². The predicted octanol–water partition coefficient (Wildman–Crippen LogP) is 7.25. The van der Waals surface area contributed by atoms with Crippen LogP contribution in [0.15, 0.2) is 85.1 Å². The van der Waals surface area contributed by atoms with Gasteiger partial charge in [-0.3, -0.25) is 14.6 Å². The molecule has 3 aromatic carbocycles. The second-order valence-electron chi connectivity index (χ2n) is 9.96. The van der Waals surface area contributed by atoms with Gasteiger partial charge in [0.25, 0.3) is 5.91 Å². The predicted molar refractivity (Wildman–Crippen MR) is 169 cm³/mol. The number of rotatable bonds is 8. The topological polar surface area (TPSA) is 88.3 Å². The van der Waals surface area contributed by atoms with Crippen molar-refractivity contribution in [3.05, 3.63) is 113 Å². The molecule has 0 bridgehead atoms. The molecule has 1 aliphatic rings. The molecule has 0 radical (unpaired) electrons. The van der Waals surface area contributed by atoms with Gasteiger partial charge in [0, 0.05) is 47.5 Å². The maximum atomic E-state index is 12.9. The third-order valence-electron chi connectivity index (χ3n) is 7.30. The summed E-state index contributed by atoms with van der Waals surface area (Å²) in [5.74, 6) is -0.462. The summed E-state index contributed by atoms with van der Waals surface area (Å²) in [7, 11) is 0. The Labute approximate surface area is 247 Å². The molecule has 1 heterocycles. The number of hydrogen-bond acceptors (Lipinski definition) is 4. The first-order chi connectivity index (χ1) is 19.9. The average Bonchev–Trinajstić information content (AvgIpc) is 3.02. The van der Waals surface area contributed by atoms with Crippen molar-refractivity contribution in [2.45, 2.75) is 45.4 Å². The number of fused-ring (bicyclic) bond motifs is 1. The van der Waals surface area contributed by atoms with Crippen LogP contribution in [0.2, 0.25) is 0 Å². The number of alkyl halides is 1. The van der Waals surface area contributed by atoms with Crippen molar-refractivity contribution >= 4 is 34.8 Å². The zero-order valence-electron chi connectivity index (χ0n) is 23.7. The molecule has 0 saturated carbocycles. The van der Waals surface area contributed by atoms with Gasteiger partial charge in [0.15, 0.2) is 0 Å². The molecule has 0 fully saturated rings. The minimum absolute atomic E-state index is 0.255. The molecule has 41 heavy (non-hydrogen) atoms. The van der Waals surface area contributed by atoms with Gasteiger partial charge in [-0.2, -0.15) is 0 Å². The zero-order valence-corrected chi connectivity index (χ0v) is 24.5. The monoisotopic (exact) mass is 568 g/mol. The van der Waals surface area contributed by atoms with Crippen LogP contribution in [0.4, 0.5) is 11.4 Å². The Morgan fingerprint density at radius 2 is 1.59 bits per heavy atom. The third-order valence-corrected chi connectivity index (χ3v) is 7.61. The second kappa shape index (κ2) is 14.5. The van der Waals surface area contributed by atoms with E-state index in [9.17, 15) is 9.59 Å². The standard InChI is InChI=1S/C24H25ClN4O2.C10H12/c1-3-29(4-2)19-8-9-21(28-24(31)18-7-5-6-16(12-18)15-25)20(14-19)22-13-17(23(26)30)10-11-27-22;1-2-6-10-8-4-3-7-9(10)5-1/h5-14H,3-4,15H2,1-2H3,(H2,26,30)(H,28,31);1-2,5-6H,3-4,7-8H2. The Morgan fingerprint density at radius 3 is 2.22 bits per heavy atom. The van der Waals surface area contributed by atoms with Gasteiger partial charge in [0.05, 0.1) is 11.4 Å². The van der Waals surface area contributed by atoms with E-state index in [0.29, 0.717) is 34.0 Å². The largest absolute Gasteiger partial charge is 0.372 e. The second-order valence-corrected chi connectivity index (χ2v) is 10.2. The van der Waals surface area contributed by atoms with E-state index < -0.39 is 5.91 Å². The average molecular weight is 569 g/mol. The summed E-state index contributed by atoms with van der Waals surface area (Å²) < 4.78 is 0. The Hall–Kier alpha value is -4.16. The van der Waals surface area contributed by atoms with Gasteiger partial charge in [-0.05, 0) is 98.7 Å². The quantitative estimate of drug-likeness (QED) is 0.219. The number of nitrogens with two attached hydrogens (primary N) is 1. The van der Waals surface area contributed by atoms with E-state index in [1.807, 2.05) is 24.3 Å². The first-order valence-electron chi connectivity index (χ1n) is 14.1. The van der Waals surface area contributed by atoms with Crippen LogP contribution in [0.1, 0.15) is 64.1 Å². The van der Waals surface area contributed by atoms with E-state index in [0.717, 1.165) is 24.3 Å². The maximum absolute atomic E-state index is 12.9. The molecule has 3 N–H and O–H groups in total. The van der Waals surface area contributed by atoms with Crippen LogP contribution in [0, 0.1) is 0 Å². The molecule has 2 amide bonds. The van der Waals surface area contributed by atoms with E-state index in [4.69, 9.17) is 17.3 Å². The number of anilines is 2. The molecule has 212 valence electrons. The van der Waals surface area contributed by atoms with Crippen LogP contribution >= 0.6 is 11.6 Å². The van der Waals surface area contributed by atoms with Gasteiger partial charge >= 0.3 is 0 Å². The van der Waals surface area contributed by atoms with Crippen LogP contribution in [-0.2, 0) is 18.7 Å². The number of amides is 2. The molecule has 1 aliphatic carbocycles. The number of carbonyl (C=O) groups is 2. The highest BCUT2D eigenvalue weighted by molar-refractivity contribution is 6.17. The van der Waals surface area contributed by atoms with Crippen molar-refractivity contribution in [3.63, 3.8) is 0 Å². The van der Waals surface area contributed by atoms with Crippen LogP contribution < -0.4 is 16.0 Å². The normalized spacial score (nSPS) is 12.0. The Balaban J connectivity index is 0.000000322. The van der Waals surface area contributed by atoms with Gasteiger partial charge in [-0.15, -0.1) is 11.6 Å². The van der Waals surface area contributed by atoms with Crippen LogP contribution in [0.25, 0.3) is 11.3 Å². The number of primary amides is 1. The molecular weight excluding hydrogens is 532 g/mol. The Morgan fingerprint density at radius 1 is 0.878 bits per heavy atom. The maximum Gasteiger partial charge on any atom is 0.255 e. The summed E-state index contributed by atoms with van der Waals surface area (Å²) in [5.41, 5.74) is 13.2. The van der Waals surface area contributed by atoms with Crippen molar-refractivity contribution in [1.29, 1.82) is 0 Å². The van der Waals surface area contributed by atoms with Crippen LogP contribution in [-0.4, -0.2) is 29.9 Å². The lowest BCUT2D eigenvalue weighted by atomic mass is 9.92. The lowest BCUT2D eigenvalue weighted by Crippen LogP contribution is -2.22. The number of aryl methyl sites for hydroxylation is 2. The number of benzene rings is 3. The molecule has 0 unspecified atom stereocenters. The number of nitrogens with zero attached hydrogens (tertiary/aromatic N) is 2. The van der Waals surface area contributed by atoms with E-state index in [-0.39, 0.29) is 5.91 Å². The van der Waals surface area contributed by atoms with Crippen LogP contribution in [0.3, 0.4) is 0 Å². The lowest BCUT2D eigenvalue weighted by Gasteiger charge is -2.23. The fraction of sp³-hybridized carbons (Fsp3) is 0.265. The number of halogens is 1. The highest BCUT2D eigenvalue weighted by Crippen LogP contribution is 2.32. The number of aromatic nitrogens is 1. The van der Waals surface area contributed by atoms with Crippen molar-refractivity contribution in [1.82, 2.24) is 4.98 Å². The summed E-state index contributed by atoms with van der Waals surface area (Å²) in [6, 6.07) is 24.9. The molecule has 6 nitrogen and oxygen atoms in total. The molecule has 5 rings (SSSR count). The molecule has 0 aliphatic heterocycles. The van der Waals surface area contributed by atoms with Gasteiger partial charge in [0.1, 0.15) is 0 Å². The molecule has 0 saturated heterocycles. The smallest absolute Gasteiger partial charge is 0.255 e. The highest BCUT2D eigenvalue weighted by atomic mass is 35.5. The molecule has 0 spiro atoms. The SMILES string of the molecule is CCN(CC)c1ccc(NC(=O)c2cccc(CCl)c2)c(-c2cc(C(N)=O)ccn2)c1.c1ccc2c(c1)CCCC2. The van der Waals surface area contributed by atoms with E-state index in [1.165, 1.54) is 31.9 Å². The summed E-state index contributed by atoms with van der Waals surface area (Å²) >= 11 is 5.90. The third kappa shape index (κ3) is 7.74. The van der Waals surface area contributed by atoms with Crippen LogP contribution in [0.5, 0.6) is 0 Å². The minimum atomic E-state index is -0.535. The Kier molecular flexibility index (Phi) is 10.5. The van der Waals surface area contributed by atoms with Crippen molar-refractivity contribution in [2.75, 3.05) is 23.3 Å². The van der Waals surface area contributed by atoms with E-state index in [1.54, 1.807) is 41.5 Å². The summed E-state index contributed by atoms with van der Waals surface area (Å²) in [6.07, 6.45) is 6.91. The highest BCUT2D eigenvalue weighted by Gasteiger charge is 2.15. The van der Waals surface area contributed by atoms with Crippen molar-refractivity contribution < 1.29 is 9.59 Å². The first-order valence-corrected chi connectivity index (χ1v) is 14.6. The first kappa shape index (κ1) is 29.8. The molecule has 0 atom stereocenters. The number of nitrogens with one attached hydrogen (secondary N) is 1. The van der Waals surface area contributed by atoms with E-state index in [2.05, 4.69) is 53.3 Å². The van der Waals surface area contributed by atoms with E-state index >= 15 is 0 Å². The number of carbonyl (C=O) groups excluding carboxylic acids is 2. The van der Waals surface area contributed by atoms with Gasteiger partial charge in [-0.25, -0.2) is 0 Å². The molecule has 1 aromatic heterocycles. The fourth-order valence-electron chi connectivity index (χ4n) is 5.04. The summed E-state index contributed by atoms with van der Waals surface area (Å²) in [6.45, 7) is 5.83. The molecule has 4 aromatic rings. The lowest BCUT2D eigenvalue weighted by molar-refractivity contribution is 0.0997. The molecule has 7 heteroatoms. The summed E-state index contributed by atoms with van der Waals surface area (Å²) in [5, 5.41) is 2.97. The Bertz CT molecular complexity index is 1470. The fourth-order valence-corrected chi connectivity index (χ4v) is 5.20. The van der Waals surface area contributed by atoms with Crippen molar-refractivity contribution in [2.24, 2.45) is 5.73 Å². The summed E-state index contributed by atoms with van der Waals surface area (Å²) in [4.78, 5) is 31.2. The van der Waals surface area contributed by atoms with Gasteiger partial charge in [0.2, 0.25) is 5.91 Å². The molecular formula is C34H37ClN4O2. The number of pyridine rings is 1. The zero-order chi connectivity index (χ0) is 29.2. The van der Waals surface area contributed by atoms with Crippen molar-refractivity contribution in [3.8, 4) is 11.3 Å². The van der Waals surface area contributed by atoms with Gasteiger partial charge < -0.3 is 16.0 Å². The minimum Gasteiger partial charge on any atom is -0.372 e. The number of hydrogen-bond donors (Lipinski definition) is 2.